The standard InChI is InChI=1S/C20H14Cl2N4O2/c1-26-19-5-3-14(28-15-6-7-23-13(8-15)11-27)10-18(19)25-20(26)24-12-2-4-16(21)17(22)9-12/h2-11H,1H3,(H,24,25). The Labute approximate surface area is 170 Å². The molecule has 2 aromatic heterocycles. The number of fused-ring (bicyclic) bond motifs is 1. The summed E-state index contributed by atoms with van der Waals surface area (Å²) in [5, 5.41) is 4.19. The van der Waals surface area contributed by atoms with Gasteiger partial charge in [-0.2, -0.15) is 0 Å². The smallest absolute Gasteiger partial charge is 0.208 e. The summed E-state index contributed by atoms with van der Waals surface area (Å²) in [6, 6.07) is 14.1. The molecule has 8 heteroatoms. The molecule has 140 valence electrons. The van der Waals surface area contributed by atoms with Crippen LogP contribution in [0.15, 0.2) is 54.7 Å². The number of benzene rings is 2. The van der Waals surface area contributed by atoms with E-state index in [4.69, 9.17) is 27.9 Å². The number of imidazole rings is 1. The summed E-state index contributed by atoms with van der Waals surface area (Å²) in [7, 11) is 1.91. The zero-order valence-corrected chi connectivity index (χ0v) is 16.2. The number of ether oxygens (including phenoxy) is 1. The van der Waals surface area contributed by atoms with Gasteiger partial charge in [-0.05, 0) is 36.4 Å². The fourth-order valence-corrected chi connectivity index (χ4v) is 3.05. The Balaban J connectivity index is 1.63. The van der Waals surface area contributed by atoms with Crippen molar-refractivity contribution in [1.82, 2.24) is 14.5 Å². The minimum absolute atomic E-state index is 0.310. The van der Waals surface area contributed by atoms with Gasteiger partial charge < -0.3 is 14.6 Å². The number of aromatic nitrogens is 3. The van der Waals surface area contributed by atoms with Gasteiger partial charge in [-0.1, -0.05) is 23.2 Å². The molecule has 0 saturated carbocycles. The van der Waals surface area contributed by atoms with Crippen molar-refractivity contribution in [2.45, 2.75) is 0 Å². The molecule has 0 radical (unpaired) electrons. The Hall–Kier alpha value is -3.09. The summed E-state index contributed by atoms with van der Waals surface area (Å²) in [4.78, 5) is 19.4. The average molecular weight is 413 g/mol. The van der Waals surface area contributed by atoms with E-state index in [0.29, 0.717) is 39.5 Å². The van der Waals surface area contributed by atoms with Crippen molar-refractivity contribution in [3.05, 3.63) is 70.5 Å². The summed E-state index contributed by atoms with van der Waals surface area (Å²) < 4.78 is 7.75. The zero-order chi connectivity index (χ0) is 19.7. The van der Waals surface area contributed by atoms with Gasteiger partial charge in [0, 0.05) is 31.1 Å². The molecule has 0 saturated heterocycles. The molecule has 0 fully saturated rings. The number of rotatable bonds is 5. The molecule has 6 nitrogen and oxygen atoms in total. The van der Waals surface area contributed by atoms with Gasteiger partial charge in [0.1, 0.15) is 17.2 Å². The third-order valence-electron chi connectivity index (χ3n) is 4.14. The fraction of sp³-hybridized carbons (Fsp3) is 0.0500. The van der Waals surface area contributed by atoms with Gasteiger partial charge in [-0.25, -0.2) is 4.98 Å². The first-order chi connectivity index (χ1) is 13.5. The first kappa shape index (κ1) is 18.3. The maximum Gasteiger partial charge on any atom is 0.208 e. The molecule has 0 bridgehead atoms. The molecule has 0 unspecified atom stereocenters. The summed E-state index contributed by atoms with van der Waals surface area (Å²) in [6.07, 6.45) is 2.20. The molecule has 1 N–H and O–H groups in total. The zero-order valence-electron chi connectivity index (χ0n) is 14.7. The van der Waals surface area contributed by atoms with E-state index in [-0.39, 0.29) is 0 Å². The number of nitrogens with zero attached hydrogens (tertiary/aromatic N) is 3. The highest BCUT2D eigenvalue weighted by atomic mass is 35.5. The van der Waals surface area contributed by atoms with Crippen molar-refractivity contribution in [2.24, 2.45) is 7.05 Å². The maximum atomic E-state index is 10.9. The Kier molecular flexibility index (Phi) is 4.90. The summed E-state index contributed by atoms with van der Waals surface area (Å²) in [6.45, 7) is 0. The number of hydrogen-bond acceptors (Lipinski definition) is 5. The van der Waals surface area contributed by atoms with E-state index in [0.717, 1.165) is 16.7 Å². The molecule has 2 aromatic carbocycles. The number of anilines is 2. The van der Waals surface area contributed by atoms with Gasteiger partial charge in [0.2, 0.25) is 5.95 Å². The molecule has 0 aliphatic carbocycles. The summed E-state index contributed by atoms with van der Waals surface area (Å²) >= 11 is 12.0. The predicted octanol–water partition coefficient (Wildman–Crippen LogP) is 5.62. The molecule has 0 aliphatic heterocycles. The third-order valence-corrected chi connectivity index (χ3v) is 4.88. The molecule has 0 atom stereocenters. The first-order valence-corrected chi connectivity index (χ1v) is 9.07. The third kappa shape index (κ3) is 3.65. The number of halogens is 2. The maximum absolute atomic E-state index is 10.9. The lowest BCUT2D eigenvalue weighted by atomic mass is 10.3. The minimum Gasteiger partial charge on any atom is -0.457 e. The van der Waals surface area contributed by atoms with Gasteiger partial charge in [-0.3, -0.25) is 9.78 Å². The molecule has 4 aromatic rings. The number of carbonyl (C=O) groups is 1. The van der Waals surface area contributed by atoms with E-state index in [1.54, 1.807) is 24.3 Å². The Morgan fingerprint density at radius 2 is 1.86 bits per heavy atom. The monoisotopic (exact) mass is 412 g/mol. The largest absolute Gasteiger partial charge is 0.457 e. The predicted molar refractivity (Wildman–Crippen MR) is 110 cm³/mol. The van der Waals surface area contributed by atoms with Crippen molar-refractivity contribution in [3.63, 3.8) is 0 Å². The highest BCUT2D eigenvalue weighted by molar-refractivity contribution is 6.42. The lowest BCUT2D eigenvalue weighted by Crippen LogP contribution is -1.98. The first-order valence-electron chi connectivity index (χ1n) is 8.31. The van der Waals surface area contributed by atoms with Crippen molar-refractivity contribution in [1.29, 1.82) is 0 Å². The van der Waals surface area contributed by atoms with Gasteiger partial charge >= 0.3 is 0 Å². The van der Waals surface area contributed by atoms with Crippen LogP contribution in [-0.2, 0) is 7.05 Å². The molecular weight excluding hydrogens is 399 g/mol. The van der Waals surface area contributed by atoms with Crippen LogP contribution in [0.3, 0.4) is 0 Å². The molecule has 0 aliphatic rings. The van der Waals surface area contributed by atoms with Crippen LogP contribution in [0.2, 0.25) is 10.0 Å². The van der Waals surface area contributed by atoms with Gasteiger partial charge in [-0.15, -0.1) is 0 Å². The Morgan fingerprint density at radius 3 is 2.64 bits per heavy atom. The number of carbonyl (C=O) groups excluding carboxylic acids is 1. The van der Waals surface area contributed by atoms with Crippen LogP contribution in [0, 0.1) is 0 Å². The van der Waals surface area contributed by atoms with E-state index in [1.807, 2.05) is 35.9 Å². The number of nitrogens with one attached hydrogen (secondary N) is 1. The second-order valence-electron chi connectivity index (χ2n) is 6.04. The lowest BCUT2D eigenvalue weighted by Gasteiger charge is -2.07. The van der Waals surface area contributed by atoms with E-state index in [1.165, 1.54) is 6.20 Å². The van der Waals surface area contributed by atoms with E-state index >= 15 is 0 Å². The number of aldehydes is 1. The molecule has 0 spiro atoms. The normalized spacial score (nSPS) is 10.8. The van der Waals surface area contributed by atoms with Crippen LogP contribution < -0.4 is 10.1 Å². The molecule has 2 heterocycles. The molecule has 0 amide bonds. The average Bonchev–Trinajstić information content (AvgIpc) is 3.00. The van der Waals surface area contributed by atoms with Crippen LogP contribution in [0.5, 0.6) is 11.5 Å². The van der Waals surface area contributed by atoms with Crippen LogP contribution in [0.1, 0.15) is 10.5 Å². The SMILES string of the molecule is Cn1c(Nc2ccc(Cl)c(Cl)c2)nc2cc(Oc3ccnc(C=O)c3)ccc21. The second-order valence-corrected chi connectivity index (χ2v) is 6.85. The van der Waals surface area contributed by atoms with Crippen LogP contribution in [-0.4, -0.2) is 20.8 Å². The molecular formula is C20H14Cl2N4O2. The van der Waals surface area contributed by atoms with Gasteiger partial charge in [0.05, 0.1) is 21.1 Å². The van der Waals surface area contributed by atoms with Crippen molar-refractivity contribution in [2.75, 3.05) is 5.32 Å². The molecule has 28 heavy (non-hydrogen) atoms. The van der Waals surface area contributed by atoms with Crippen molar-refractivity contribution in [3.8, 4) is 11.5 Å². The van der Waals surface area contributed by atoms with Crippen molar-refractivity contribution >= 4 is 52.2 Å². The summed E-state index contributed by atoms with van der Waals surface area (Å²) in [5.74, 6) is 1.79. The van der Waals surface area contributed by atoms with Crippen LogP contribution in [0.25, 0.3) is 11.0 Å². The van der Waals surface area contributed by atoms with E-state index in [9.17, 15) is 4.79 Å². The van der Waals surface area contributed by atoms with Crippen LogP contribution in [0.4, 0.5) is 11.6 Å². The minimum atomic E-state index is 0.310. The van der Waals surface area contributed by atoms with E-state index in [2.05, 4.69) is 15.3 Å². The second kappa shape index (κ2) is 7.50. The number of pyridine rings is 1. The number of hydrogen-bond donors (Lipinski definition) is 1. The molecule has 4 rings (SSSR count). The van der Waals surface area contributed by atoms with Crippen LogP contribution >= 0.6 is 23.2 Å². The fourth-order valence-electron chi connectivity index (χ4n) is 2.75. The number of aryl methyl sites for hydroxylation is 1. The topological polar surface area (TPSA) is 69.0 Å². The van der Waals surface area contributed by atoms with E-state index < -0.39 is 0 Å². The highest BCUT2D eigenvalue weighted by Gasteiger charge is 2.10. The summed E-state index contributed by atoms with van der Waals surface area (Å²) in [5.41, 5.74) is 2.78. The lowest BCUT2D eigenvalue weighted by molar-refractivity contribution is 0.111. The van der Waals surface area contributed by atoms with Gasteiger partial charge in [0.25, 0.3) is 0 Å². The highest BCUT2D eigenvalue weighted by Crippen LogP contribution is 2.30. The quantitative estimate of drug-likeness (QED) is 0.430. The Bertz CT molecular complexity index is 1190. The Morgan fingerprint density at radius 1 is 1.04 bits per heavy atom. The van der Waals surface area contributed by atoms with Crippen molar-refractivity contribution < 1.29 is 9.53 Å². The van der Waals surface area contributed by atoms with Gasteiger partial charge in [0.15, 0.2) is 6.29 Å².